The molecule has 42 heavy (non-hydrogen) atoms. The van der Waals surface area contributed by atoms with E-state index in [0.717, 1.165) is 61.3 Å². The van der Waals surface area contributed by atoms with Gasteiger partial charge in [0.05, 0.1) is 12.1 Å². The number of piperidine rings is 1. The van der Waals surface area contributed by atoms with E-state index in [1.807, 2.05) is 91.0 Å². The standard InChI is InChI=1S/C34H37N5O3/c40-33(37-30-15-13-27(14-16-30)25-36-26-28-17-20-35-21-18-28)19-24-42-34(41)39(38-22-7-2-8-23-38)32-12-6-5-11-31(32)29-9-3-1-4-10-29/h1,3-6,9-18,20-21,36H,2,7-8,19,22-26H2,(H,37,40). The highest BCUT2D eigenvalue weighted by molar-refractivity contribution is 5.94. The number of ether oxygens (including phenoxy) is 1. The number of benzene rings is 3. The molecule has 8 nitrogen and oxygen atoms in total. The minimum absolute atomic E-state index is 0.0144. The van der Waals surface area contributed by atoms with E-state index in [2.05, 4.69) is 20.6 Å². The van der Waals surface area contributed by atoms with E-state index in [1.54, 1.807) is 17.4 Å². The van der Waals surface area contributed by atoms with Gasteiger partial charge in [-0.25, -0.2) is 14.8 Å². The molecule has 1 fully saturated rings. The van der Waals surface area contributed by atoms with Crippen molar-refractivity contribution in [3.8, 4) is 11.1 Å². The molecule has 1 saturated heterocycles. The molecule has 1 aliphatic heterocycles. The molecule has 0 radical (unpaired) electrons. The molecule has 5 rings (SSSR count). The summed E-state index contributed by atoms with van der Waals surface area (Å²) in [4.78, 5) is 30.2. The molecular weight excluding hydrogens is 526 g/mol. The Labute approximate surface area is 247 Å². The molecule has 1 aliphatic rings. The predicted molar refractivity (Wildman–Crippen MR) is 166 cm³/mol. The van der Waals surface area contributed by atoms with Crippen molar-refractivity contribution in [2.75, 3.05) is 30.0 Å². The average molecular weight is 564 g/mol. The van der Waals surface area contributed by atoms with Crippen molar-refractivity contribution in [1.29, 1.82) is 0 Å². The summed E-state index contributed by atoms with van der Waals surface area (Å²) in [5.41, 5.74) is 5.75. The highest BCUT2D eigenvalue weighted by atomic mass is 16.6. The van der Waals surface area contributed by atoms with Crippen LogP contribution in [0.5, 0.6) is 0 Å². The van der Waals surface area contributed by atoms with Crippen molar-refractivity contribution in [3.63, 3.8) is 0 Å². The molecule has 216 valence electrons. The summed E-state index contributed by atoms with van der Waals surface area (Å²) < 4.78 is 5.68. The molecule has 3 aromatic carbocycles. The van der Waals surface area contributed by atoms with E-state index in [1.165, 1.54) is 5.56 Å². The Hall–Kier alpha value is -4.53. The largest absolute Gasteiger partial charge is 0.448 e. The van der Waals surface area contributed by atoms with E-state index < -0.39 is 6.09 Å². The number of carbonyl (C=O) groups is 2. The summed E-state index contributed by atoms with van der Waals surface area (Å²) in [6.07, 6.45) is 6.32. The Morgan fingerprint density at radius 1 is 0.786 bits per heavy atom. The third-order valence-electron chi connectivity index (χ3n) is 7.21. The van der Waals surface area contributed by atoms with E-state index in [0.29, 0.717) is 12.2 Å². The van der Waals surface area contributed by atoms with Gasteiger partial charge in [-0.05, 0) is 59.9 Å². The number of anilines is 2. The quantitative estimate of drug-likeness (QED) is 0.219. The second-order valence-electron chi connectivity index (χ2n) is 10.3. The van der Waals surface area contributed by atoms with Gasteiger partial charge in [-0.15, -0.1) is 0 Å². The summed E-state index contributed by atoms with van der Waals surface area (Å²) in [6, 6.07) is 29.6. The summed E-state index contributed by atoms with van der Waals surface area (Å²) in [5, 5.41) is 10.0. The third kappa shape index (κ3) is 8.02. The molecule has 0 saturated carbocycles. The highest BCUT2D eigenvalue weighted by Crippen LogP contribution is 2.33. The Bertz CT molecular complexity index is 1420. The van der Waals surface area contributed by atoms with Gasteiger partial charge in [-0.2, -0.15) is 0 Å². The van der Waals surface area contributed by atoms with E-state index in [4.69, 9.17) is 4.74 Å². The first-order valence-electron chi connectivity index (χ1n) is 14.5. The number of pyridine rings is 1. The van der Waals surface area contributed by atoms with Crippen LogP contribution in [0.2, 0.25) is 0 Å². The van der Waals surface area contributed by atoms with E-state index in [-0.39, 0.29) is 18.9 Å². The van der Waals surface area contributed by atoms with Crippen molar-refractivity contribution in [2.24, 2.45) is 0 Å². The number of para-hydroxylation sites is 1. The van der Waals surface area contributed by atoms with Crippen LogP contribution in [0.3, 0.4) is 0 Å². The lowest BCUT2D eigenvalue weighted by atomic mass is 10.0. The van der Waals surface area contributed by atoms with Gasteiger partial charge in [0.15, 0.2) is 0 Å². The van der Waals surface area contributed by atoms with Crippen LogP contribution in [0.4, 0.5) is 16.2 Å². The van der Waals surface area contributed by atoms with Crippen LogP contribution in [0, 0.1) is 0 Å². The normalized spacial score (nSPS) is 13.3. The van der Waals surface area contributed by atoms with Crippen LogP contribution >= 0.6 is 0 Å². The number of rotatable bonds is 11. The first kappa shape index (κ1) is 29.0. The van der Waals surface area contributed by atoms with Gasteiger partial charge in [-0.1, -0.05) is 67.1 Å². The van der Waals surface area contributed by atoms with Crippen LogP contribution < -0.4 is 15.6 Å². The number of aromatic nitrogens is 1. The number of nitrogens with zero attached hydrogens (tertiary/aromatic N) is 3. The zero-order chi connectivity index (χ0) is 29.0. The van der Waals surface area contributed by atoms with Crippen molar-refractivity contribution in [2.45, 2.75) is 38.8 Å². The van der Waals surface area contributed by atoms with Crippen LogP contribution in [0.15, 0.2) is 103 Å². The predicted octanol–water partition coefficient (Wildman–Crippen LogP) is 6.41. The van der Waals surface area contributed by atoms with Crippen molar-refractivity contribution in [1.82, 2.24) is 15.3 Å². The molecule has 8 heteroatoms. The smallest absolute Gasteiger partial charge is 0.429 e. The fourth-order valence-electron chi connectivity index (χ4n) is 5.04. The summed E-state index contributed by atoms with van der Waals surface area (Å²) in [7, 11) is 0. The third-order valence-corrected chi connectivity index (χ3v) is 7.21. The lowest BCUT2D eigenvalue weighted by Gasteiger charge is -2.37. The van der Waals surface area contributed by atoms with Gasteiger partial charge >= 0.3 is 6.09 Å². The SMILES string of the molecule is O=C(CCOC(=O)N(c1ccccc1-c1ccccc1)N1CCCCC1)Nc1ccc(CNCc2ccncc2)cc1. The maximum Gasteiger partial charge on any atom is 0.429 e. The molecule has 0 bridgehead atoms. The lowest BCUT2D eigenvalue weighted by molar-refractivity contribution is -0.116. The summed E-state index contributed by atoms with van der Waals surface area (Å²) in [6.45, 7) is 3.00. The molecular formula is C34H37N5O3. The minimum atomic E-state index is -0.475. The van der Waals surface area contributed by atoms with E-state index in [9.17, 15) is 9.59 Å². The fourth-order valence-corrected chi connectivity index (χ4v) is 5.04. The average Bonchev–Trinajstić information content (AvgIpc) is 3.04. The van der Waals surface area contributed by atoms with E-state index >= 15 is 0 Å². The van der Waals surface area contributed by atoms with Gasteiger partial charge in [0.1, 0.15) is 6.61 Å². The Balaban J connectivity index is 1.15. The number of carbonyl (C=O) groups excluding carboxylic acids is 2. The van der Waals surface area contributed by atoms with Gasteiger partial charge in [0.25, 0.3) is 0 Å². The van der Waals surface area contributed by atoms with Crippen LogP contribution in [-0.2, 0) is 22.6 Å². The zero-order valence-electron chi connectivity index (χ0n) is 23.7. The highest BCUT2D eigenvalue weighted by Gasteiger charge is 2.28. The van der Waals surface area contributed by atoms with Gasteiger partial charge in [0.2, 0.25) is 5.91 Å². The molecule has 0 spiro atoms. The van der Waals surface area contributed by atoms with Crippen molar-refractivity contribution < 1.29 is 14.3 Å². The number of hydrazine groups is 1. The van der Waals surface area contributed by atoms with Crippen LogP contribution in [0.1, 0.15) is 36.8 Å². The number of nitrogens with one attached hydrogen (secondary N) is 2. The van der Waals surface area contributed by atoms with Crippen molar-refractivity contribution >= 4 is 23.4 Å². The molecule has 2 heterocycles. The second-order valence-corrected chi connectivity index (χ2v) is 10.3. The van der Waals surface area contributed by atoms with Crippen LogP contribution in [-0.4, -0.2) is 41.7 Å². The number of hydrogen-bond acceptors (Lipinski definition) is 6. The van der Waals surface area contributed by atoms with Crippen molar-refractivity contribution in [3.05, 3.63) is 115 Å². The second kappa shape index (κ2) is 14.9. The van der Waals surface area contributed by atoms with Gasteiger partial charge in [-0.3, -0.25) is 9.78 Å². The molecule has 1 aromatic heterocycles. The molecule has 0 atom stereocenters. The minimum Gasteiger partial charge on any atom is -0.448 e. The van der Waals surface area contributed by atoms with Crippen LogP contribution in [0.25, 0.3) is 11.1 Å². The zero-order valence-corrected chi connectivity index (χ0v) is 23.7. The first-order chi connectivity index (χ1) is 20.7. The monoisotopic (exact) mass is 563 g/mol. The number of hydrogen-bond donors (Lipinski definition) is 2. The van der Waals surface area contributed by atoms with Gasteiger partial charge in [0, 0.05) is 49.8 Å². The van der Waals surface area contributed by atoms with Gasteiger partial charge < -0.3 is 15.4 Å². The maximum absolute atomic E-state index is 13.5. The Morgan fingerprint density at radius 2 is 1.45 bits per heavy atom. The Kier molecular flexibility index (Phi) is 10.3. The topological polar surface area (TPSA) is 86.8 Å². The summed E-state index contributed by atoms with van der Waals surface area (Å²) >= 11 is 0. The molecule has 0 unspecified atom stereocenters. The molecule has 4 aromatic rings. The lowest BCUT2D eigenvalue weighted by Crippen LogP contribution is -2.49. The first-order valence-corrected chi connectivity index (χ1v) is 14.5. The Morgan fingerprint density at radius 3 is 2.19 bits per heavy atom. The fraction of sp³-hybridized carbons (Fsp3) is 0.265. The summed E-state index contributed by atoms with van der Waals surface area (Å²) in [5.74, 6) is -0.208. The molecule has 2 amide bonds. The molecule has 2 N–H and O–H groups in total. The molecule has 0 aliphatic carbocycles. The number of amides is 2. The maximum atomic E-state index is 13.5.